The Morgan fingerprint density at radius 1 is 0.900 bits per heavy atom. The van der Waals surface area contributed by atoms with Gasteiger partial charge in [0.2, 0.25) is 0 Å². The third-order valence-electron chi connectivity index (χ3n) is 2.61. The highest BCUT2D eigenvalue weighted by atomic mass is 32.2. The molecule has 2 rings (SSSR count). The number of rotatable bonds is 3. The van der Waals surface area contributed by atoms with Crippen molar-refractivity contribution < 1.29 is 21.6 Å². The largest absolute Gasteiger partial charge is 0.280 e. The minimum absolute atomic E-state index is 0.120. The summed E-state index contributed by atoms with van der Waals surface area (Å²) in [6.07, 6.45) is 0. The molecular formula is C13H10F3NO2S. The second kappa shape index (κ2) is 5.16. The third-order valence-corrected chi connectivity index (χ3v) is 3.99. The van der Waals surface area contributed by atoms with Gasteiger partial charge in [0.15, 0.2) is 11.6 Å². The van der Waals surface area contributed by atoms with Crippen molar-refractivity contribution in [2.24, 2.45) is 0 Å². The SMILES string of the molecule is Cc1cc(S(=O)(=O)Nc2ccc(F)c(F)c2)ccc1F. The fraction of sp³-hybridized carbons (Fsp3) is 0.0769. The van der Waals surface area contributed by atoms with Gasteiger partial charge >= 0.3 is 0 Å². The maximum Gasteiger partial charge on any atom is 0.261 e. The van der Waals surface area contributed by atoms with Gasteiger partial charge in [-0.3, -0.25) is 4.72 Å². The highest BCUT2D eigenvalue weighted by Crippen LogP contribution is 2.20. The molecule has 0 aromatic heterocycles. The molecule has 0 fully saturated rings. The van der Waals surface area contributed by atoms with Gasteiger partial charge in [0.05, 0.1) is 10.6 Å². The molecule has 0 heterocycles. The smallest absolute Gasteiger partial charge is 0.261 e. The van der Waals surface area contributed by atoms with Gasteiger partial charge in [0.25, 0.3) is 10.0 Å². The van der Waals surface area contributed by atoms with Crippen LogP contribution in [0, 0.1) is 24.4 Å². The van der Waals surface area contributed by atoms with E-state index in [0.29, 0.717) is 0 Å². The van der Waals surface area contributed by atoms with Gasteiger partial charge in [-0.15, -0.1) is 0 Å². The zero-order valence-electron chi connectivity index (χ0n) is 10.3. The Morgan fingerprint density at radius 2 is 1.55 bits per heavy atom. The maximum absolute atomic E-state index is 13.1. The molecule has 106 valence electrons. The first-order valence-corrected chi connectivity index (χ1v) is 7.02. The average Bonchev–Trinajstić information content (AvgIpc) is 2.37. The van der Waals surface area contributed by atoms with E-state index < -0.39 is 27.5 Å². The number of hydrogen-bond donors (Lipinski definition) is 1. The molecule has 0 amide bonds. The molecule has 0 spiro atoms. The van der Waals surface area contributed by atoms with Crippen molar-refractivity contribution in [1.29, 1.82) is 0 Å². The van der Waals surface area contributed by atoms with Crippen LogP contribution in [0.5, 0.6) is 0 Å². The van der Waals surface area contributed by atoms with Crippen LogP contribution in [0.25, 0.3) is 0 Å². The molecule has 0 bridgehead atoms. The summed E-state index contributed by atoms with van der Waals surface area (Å²) in [6.45, 7) is 1.42. The number of benzene rings is 2. The molecule has 3 nitrogen and oxygen atoms in total. The van der Waals surface area contributed by atoms with E-state index >= 15 is 0 Å². The lowest BCUT2D eigenvalue weighted by atomic mass is 10.2. The first kappa shape index (κ1) is 14.4. The summed E-state index contributed by atoms with van der Waals surface area (Å²) in [5.74, 6) is -2.78. The van der Waals surface area contributed by atoms with Gasteiger partial charge < -0.3 is 0 Å². The third kappa shape index (κ3) is 2.93. The van der Waals surface area contributed by atoms with Crippen LogP contribution in [0.2, 0.25) is 0 Å². The molecule has 20 heavy (non-hydrogen) atoms. The van der Waals surface area contributed by atoms with Crippen molar-refractivity contribution >= 4 is 15.7 Å². The summed E-state index contributed by atoms with van der Waals surface area (Å²) in [5.41, 5.74) is 0.0454. The molecule has 0 aliphatic heterocycles. The van der Waals surface area contributed by atoms with Crippen molar-refractivity contribution in [3.8, 4) is 0 Å². The minimum atomic E-state index is -3.99. The van der Waals surface area contributed by atoms with Crippen LogP contribution in [0.15, 0.2) is 41.3 Å². The summed E-state index contributed by atoms with van der Waals surface area (Å²) in [4.78, 5) is -0.166. The molecular weight excluding hydrogens is 291 g/mol. The standard InChI is InChI=1S/C13H10F3NO2S/c1-8-6-10(3-5-11(8)14)20(18,19)17-9-2-4-12(15)13(16)7-9/h2-7,17H,1H3. The van der Waals surface area contributed by atoms with E-state index in [9.17, 15) is 21.6 Å². The van der Waals surface area contributed by atoms with Crippen molar-refractivity contribution in [2.45, 2.75) is 11.8 Å². The number of nitrogens with one attached hydrogen (secondary N) is 1. The Bertz CT molecular complexity index is 760. The van der Waals surface area contributed by atoms with E-state index in [1.807, 2.05) is 0 Å². The van der Waals surface area contributed by atoms with Gasteiger partial charge in [0.1, 0.15) is 5.82 Å². The first-order valence-electron chi connectivity index (χ1n) is 5.53. The molecule has 7 heteroatoms. The van der Waals surface area contributed by atoms with E-state index in [0.717, 1.165) is 36.4 Å². The van der Waals surface area contributed by atoms with E-state index in [-0.39, 0.29) is 16.1 Å². The van der Waals surface area contributed by atoms with Crippen LogP contribution in [0.1, 0.15) is 5.56 Å². The summed E-state index contributed by atoms with van der Waals surface area (Å²) >= 11 is 0. The van der Waals surface area contributed by atoms with Gasteiger partial charge in [-0.1, -0.05) is 0 Å². The Morgan fingerprint density at radius 3 is 2.15 bits per heavy atom. The highest BCUT2D eigenvalue weighted by Gasteiger charge is 2.16. The molecule has 0 atom stereocenters. The lowest BCUT2D eigenvalue weighted by molar-refractivity contribution is 0.509. The molecule has 0 unspecified atom stereocenters. The van der Waals surface area contributed by atoms with Crippen molar-refractivity contribution in [1.82, 2.24) is 0 Å². The minimum Gasteiger partial charge on any atom is -0.280 e. The van der Waals surface area contributed by atoms with Crippen molar-refractivity contribution in [3.05, 3.63) is 59.4 Å². The van der Waals surface area contributed by atoms with E-state index in [2.05, 4.69) is 4.72 Å². The number of hydrogen-bond acceptors (Lipinski definition) is 2. The molecule has 0 aliphatic rings. The highest BCUT2D eigenvalue weighted by molar-refractivity contribution is 7.92. The van der Waals surface area contributed by atoms with Crippen LogP contribution in [-0.2, 0) is 10.0 Å². The number of anilines is 1. The summed E-state index contributed by atoms with van der Waals surface area (Å²) in [7, 11) is -3.99. The molecule has 0 saturated carbocycles. The normalized spacial score (nSPS) is 11.4. The topological polar surface area (TPSA) is 46.2 Å². The maximum atomic E-state index is 13.1. The van der Waals surface area contributed by atoms with Crippen LogP contribution < -0.4 is 4.72 Å². The zero-order valence-corrected chi connectivity index (χ0v) is 11.1. The Kier molecular flexibility index (Phi) is 3.71. The number of sulfonamides is 1. The molecule has 0 radical (unpaired) electrons. The lowest BCUT2D eigenvalue weighted by Crippen LogP contribution is -2.13. The summed E-state index contributed by atoms with van der Waals surface area (Å²) in [5, 5.41) is 0. The van der Waals surface area contributed by atoms with Crippen LogP contribution in [0.3, 0.4) is 0 Å². The quantitative estimate of drug-likeness (QED) is 0.946. The first-order chi connectivity index (χ1) is 9.29. The van der Waals surface area contributed by atoms with Gasteiger partial charge in [-0.2, -0.15) is 0 Å². The Labute approximate surface area is 114 Å². The molecule has 1 N–H and O–H groups in total. The Balaban J connectivity index is 2.35. The van der Waals surface area contributed by atoms with Gasteiger partial charge in [-0.25, -0.2) is 21.6 Å². The van der Waals surface area contributed by atoms with E-state index in [1.165, 1.54) is 6.92 Å². The fourth-order valence-electron chi connectivity index (χ4n) is 1.56. The molecule has 0 aliphatic carbocycles. The number of halogens is 3. The van der Waals surface area contributed by atoms with Crippen molar-refractivity contribution in [2.75, 3.05) is 4.72 Å². The van der Waals surface area contributed by atoms with Crippen molar-refractivity contribution in [3.63, 3.8) is 0 Å². The fourth-order valence-corrected chi connectivity index (χ4v) is 2.69. The monoisotopic (exact) mass is 301 g/mol. The second-order valence-corrected chi connectivity index (χ2v) is 5.83. The van der Waals surface area contributed by atoms with E-state index in [4.69, 9.17) is 0 Å². The van der Waals surface area contributed by atoms with Crippen LogP contribution in [-0.4, -0.2) is 8.42 Å². The second-order valence-electron chi connectivity index (χ2n) is 4.15. The summed E-state index contributed by atoms with van der Waals surface area (Å²) < 4.78 is 65.0. The molecule has 2 aromatic rings. The van der Waals surface area contributed by atoms with Crippen LogP contribution >= 0.6 is 0 Å². The lowest BCUT2D eigenvalue weighted by Gasteiger charge is -2.09. The van der Waals surface area contributed by atoms with Gasteiger partial charge in [-0.05, 0) is 42.8 Å². The Hall–Kier alpha value is -2.02. The van der Waals surface area contributed by atoms with Crippen LogP contribution in [0.4, 0.5) is 18.9 Å². The number of aryl methyl sites for hydroxylation is 1. The zero-order chi connectivity index (χ0) is 14.9. The summed E-state index contributed by atoms with van der Waals surface area (Å²) in [6, 6.07) is 5.88. The van der Waals surface area contributed by atoms with Gasteiger partial charge in [0, 0.05) is 6.07 Å². The van der Waals surface area contributed by atoms with E-state index in [1.54, 1.807) is 0 Å². The molecule has 0 saturated heterocycles. The average molecular weight is 301 g/mol. The predicted molar refractivity (Wildman–Crippen MR) is 68.3 cm³/mol. The molecule has 2 aromatic carbocycles. The predicted octanol–water partition coefficient (Wildman–Crippen LogP) is 3.21.